The van der Waals surface area contributed by atoms with Crippen molar-refractivity contribution in [2.75, 3.05) is 19.3 Å². The van der Waals surface area contributed by atoms with Gasteiger partial charge in [0, 0.05) is 25.4 Å². The number of piperidine rings is 1. The van der Waals surface area contributed by atoms with Gasteiger partial charge in [0.05, 0.1) is 9.79 Å². The minimum Gasteiger partial charge on any atom is -0.328 e. The van der Waals surface area contributed by atoms with Crippen molar-refractivity contribution < 1.29 is 16.8 Å². The first-order valence-electron chi connectivity index (χ1n) is 7.18. The minimum absolute atomic E-state index is 0.0684. The van der Waals surface area contributed by atoms with E-state index in [9.17, 15) is 16.8 Å². The number of rotatable bonds is 4. The van der Waals surface area contributed by atoms with Gasteiger partial charge in [-0.2, -0.15) is 4.31 Å². The highest BCUT2D eigenvalue weighted by molar-refractivity contribution is 7.90. The highest BCUT2D eigenvalue weighted by Gasteiger charge is 2.30. The van der Waals surface area contributed by atoms with Crippen molar-refractivity contribution in [3.63, 3.8) is 0 Å². The lowest BCUT2D eigenvalue weighted by molar-refractivity contribution is 0.250. The molecule has 124 valence electrons. The molecule has 2 N–H and O–H groups in total. The van der Waals surface area contributed by atoms with Gasteiger partial charge in [-0.3, -0.25) is 0 Å². The Labute approximate surface area is 132 Å². The van der Waals surface area contributed by atoms with E-state index < -0.39 is 19.9 Å². The zero-order chi connectivity index (χ0) is 16.5. The molecule has 1 aliphatic rings. The van der Waals surface area contributed by atoms with E-state index in [1.807, 2.05) is 6.92 Å². The van der Waals surface area contributed by atoms with Gasteiger partial charge in [-0.25, -0.2) is 16.8 Å². The molecule has 6 nitrogen and oxygen atoms in total. The van der Waals surface area contributed by atoms with Crippen LogP contribution in [0.4, 0.5) is 0 Å². The molecule has 1 aromatic rings. The van der Waals surface area contributed by atoms with Crippen LogP contribution in [0.5, 0.6) is 0 Å². The summed E-state index contributed by atoms with van der Waals surface area (Å²) in [6.45, 7) is 2.84. The molecule has 0 spiro atoms. The van der Waals surface area contributed by atoms with E-state index in [0.717, 1.165) is 19.1 Å². The number of benzene rings is 1. The molecule has 1 unspecified atom stereocenters. The van der Waals surface area contributed by atoms with Crippen molar-refractivity contribution in [1.29, 1.82) is 0 Å². The maximum atomic E-state index is 12.6. The quantitative estimate of drug-likeness (QED) is 0.871. The van der Waals surface area contributed by atoms with Crippen LogP contribution in [0.1, 0.15) is 19.8 Å². The van der Waals surface area contributed by atoms with Crippen LogP contribution in [0.2, 0.25) is 0 Å². The first kappa shape index (κ1) is 17.4. The van der Waals surface area contributed by atoms with Gasteiger partial charge in [-0.1, -0.05) is 0 Å². The third kappa shape index (κ3) is 3.68. The Bertz CT molecular complexity index is 717. The predicted molar refractivity (Wildman–Crippen MR) is 84.7 cm³/mol. The Balaban J connectivity index is 2.18. The molecule has 22 heavy (non-hydrogen) atoms. The van der Waals surface area contributed by atoms with E-state index in [0.29, 0.717) is 19.0 Å². The van der Waals surface area contributed by atoms with Crippen LogP contribution < -0.4 is 5.73 Å². The monoisotopic (exact) mass is 346 g/mol. The van der Waals surface area contributed by atoms with Gasteiger partial charge in [0.15, 0.2) is 9.84 Å². The van der Waals surface area contributed by atoms with Crippen LogP contribution in [0.25, 0.3) is 0 Å². The molecule has 1 aliphatic heterocycles. The second kappa shape index (κ2) is 6.27. The Kier molecular flexibility index (Phi) is 4.96. The van der Waals surface area contributed by atoms with Crippen molar-refractivity contribution in [2.24, 2.45) is 11.7 Å². The Morgan fingerprint density at radius 3 is 1.91 bits per heavy atom. The molecular weight excluding hydrogens is 324 g/mol. The largest absolute Gasteiger partial charge is 0.328 e. The fraction of sp³-hybridized carbons (Fsp3) is 0.571. The maximum Gasteiger partial charge on any atom is 0.243 e. The van der Waals surface area contributed by atoms with E-state index in [4.69, 9.17) is 5.73 Å². The summed E-state index contributed by atoms with van der Waals surface area (Å²) in [5.74, 6) is 0.346. The van der Waals surface area contributed by atoms with Gasteiger partial charge in [0.25, 0.3) is 0 Å². The second-order valence-corrected chi connectivity index (χ2v) is 9.80. The summed E-state index contributed by atoms with van der Waals surface area (Å²) in [6.07, 6.45) is 2.59. The van der Waals surface area contributed by atoms with Crippen molar-refractivity contribution in [3.8, 4) is 0 Å². The summed E-state index contributed by atoms with van der Waals surface area (Å²) >= 11 is 0. The summed E-state index contributed by atoms with van der Waals surface area (Å²) in [5.41, 5.74) is 5.87. The number of sulfonamides is 1. The number of nitrogens with two attached hydrogens (primary N) is 1. The molecule has 1 saturated heterocycles. The topological polar surface area (TPSA) is 97.5 Å². The molecule has 0 radical (unpaired) electrons. The van der Waals surface area contributed by atoms with Crippen molar-refractivity contribution in [2.45, 2.75) is 35.6 Å². The lowest BCUT2D eigenvalue weighted by Gasteiger charge is -2.32. The molecule has 0 aromatic heterocycles. The number of hydrogen-bond acceptors (Lipinski definition) is 5. The molecule has 1 aromatic carbocycles. The first-order valence-corrected chi connectivity index (χ1v) is 10.5. The summed E-state index contributed by atoms with van der Waals surface area (Å²) in [6, 6.07) is 5.43. The Morgan fingerprint density at radius 2 is 1.50 bits per heavy atom. The molecule has 0 aliphatic carbocycles. The first-order chi connectivity index (χ1) is 10.1. The van der Waals surface area contributed by atoms with Crippen LogP contribution in [0.3, 0.4) is 0 Å². The van der Waals surface area contributed by atoms with Gasteiger partial charge >= 0.3 is 0 Å². The van der Waals surface area contributed by atoms with Gasteiger partial charge in [-0.15, -0.1) is 0 Å². The summed E-state index contributed by atoms with van der Waals surface area (Å²) in [5, 5.41) is 0. The highest BCUT2D eigenvalue weighted by atomic mass is 32.2. The average molecular weight is 346 g/mol. The average Bonchev–Trinajstić information content (AvgIpc) is 2.46. The molecule has 1 atom stereocenters. The summed E-state index contributed by atoms with van der Waals surface area (Å²) < 4.78 is 49.4. The van der Waals surface area contributed by atoms with E-state index >= 15 is 0 Å². The van der Waals surface area contributed by atoms with Crippen LogP contribution in [-0.4, -0.2) is 46.5 Å². The van der Waals surface area contributed by atoms with Crippen molar-refractivity contribution in [1.82, 2.24) is 4.31 Å². The smallest absolute Gasteiger partial charge is 0.243 e. The molecule has 8 heteroatoms. The van der Waals surface area contributed by atoms with Gasteiger partial charge in [0.2, 0.25) is 10.0 Å². The lowest BCUT2D eigenvalue weighted by Crippen LogP contribution is -2.42. The fourth-order valence-electron chi connectivity index (χ4n) is 2.65. The molecule has 2 rings (SSSR count). The summed E-state index contributed by atoms with van der Waals surface area (Å²) in [7, 11) is -6.90. The van der Waals surface area contributed by atoms with Crippen LogP contribution in [0, 0.1) is 5.92 Å². The third-order valence-corrected chi connectivity index (χ3v) is 7.17. The van der Waals surface area contributed by atoms with Gasteiger partial charge in [0.1, 0.15) is 0 Å². The normalized spacial score (nSPS) is 20.0. The van der Waals surface area contributed by atoms with Crippen molar-refractivity contribution >= 4 is 19.9 Å². The van der Waals surface area contributed by atoms with Gasteiger partial charge in [-0.05, 0) is 49.9 Å². The maximum absolute atomic E-state index is 12.6. The zero-order valence-corrected chi connectivity index (χ0v) is 14.4. The number of sulfone groups is 1. The molecular formula is C14H22N2O4S2. The molecule has 1 fully saturated rings. The molecule has 0 amide bonds. The SMILES string of the molecule is CC(N)C1CCN(S(=O)(=O)c2ccc(S(C)(=O)=O)cc2)CC1. The van der Waals surface area contributed by atoms with Gasteiger partial charge < -0.3 is 5.73 Å². The lowest BCUT2D eigenvalue weighted by atomic mass is 9.92. The second-order valence-electron chi connectivity index (χ2n) is 5.84. The predicted octanol–water partition coefficient (Wildman–Crippen LogP) is 0.838. The molecule has 0 saturated carbocycles. The van der Waals surface area contributed by atoms with E-state index in [2.05, 4.69) is 0 Å². The van der Waals surface area contributed by atoms with E-state index in [1.54, 1.807) is 0 Å². The third-order valence-electron chi connectivity index (χ3n) is 4.13. The molecule has 1 heterocycles. The number of nitrogens with zero attached hydrogens (tertiary/aromatic N) is 1. The highest BCUT2D eigenvalue weighted by Crippen LogP contribution is 2.25. The summed E-state index contributed by atoms with van der Waals surface area (Å²) in [4.78, 5) is 0.237. The minimum atomic E-state index is -3.58. The van der Waals surface area contributed by atoms with Crippen LogP contribution in [-0.2, 0) is 19.9 Å². The van der Waals surface area contributed by atoms with E-state index in [1.165, 1.54) is 28.6 Å². The fourth-order valence-corrected chi connectivity index (χ4v) is 4.75. The Hall–Kier alpha value is -0.960. The van der Waals surface area contributed by atoms with Crippen molar-refractivity contribution in [3.05, 3.63) is 24.3 Å². The molecule has 0 bridgehead atoms. The zero-order valence-electron chi connectivity index (χ0n) is 12.8. The number of hydrogen-bond donors (Lipinski definition) is 1. The van der Waals surface area contributed by atoms with E-state index in [-0.39, 0.29) is 15.8 Å². The standard InChI is InChI=1S/C14H22N2O4S2/c1-11(15)12-7-9-16(10-8-12)22(19,20)14-5-3-13(4-6-14)21(2,17)18/h3-6,11-12H,7-10,15H2,1-2H3. The Morgan fingerprint density at radius 1 is 1.05 bits per heavy atom. The van der Waals surface area contributed by atoms with Crippen LogP contribution >= 0.6 is 0 Å². The van der Waals surface area contributed by atoms with Crippen LogP contribution in [0.15, 0.2) is 34.1 Å².